The van der Waals surface area contributed by atoms with E-state index in [0.717, 1.165) is 43.2 Å². The Hall–Kier alpha value is -2.93. The molecule has 7 heteroatoms. The van der Waals surface area contributed by atoms with E-state index in [1.54, 1.807) is 23.0 Å². The maximum absolute atomic E-state index is 12.9. The van der Waals surface area contributed by atoms with Gasteiger partial charge in [-0.15, -0.1) is 0 Å². The summed E-state index contributed by atoms with van der Waals surface area (Å²) in [6.45, 7) is 4.84. The number of hydrogen-bond donors (Lipinski definition) is 1. The van der Waals surface area contributed by atoms with Gasteiger partial charge in [-0.05, 0) is 79.1 Å². The molecule has 2 aliphatic heterocycles. The Morgan fingerprint density at radius 3 is 2.89 bits per heavy atom. The number of fused-ring (bicyclic) bond motifs is 2. The Bertz CT molecular complexity index is 1320. The molecule has 2 atom stereocenters. The van der Waals surface area contributed by atoms with Crippen LogP contribution in [0.25, 0.3) is 11.8 Å². The number of allylic oxidation sites excluding steroid dienone is 1. The van der Waals surface area contributed by atoms with Gasteiger partial charge in [0, 0.05) is 49.8 Å². The fourth-order valence-electron chi connectivity index (χ4n) is 5.78. The number of pyridine rings is 2. The van der Waals surface area contributed by atoms with Gasteiger partial charge in [0.15, 0.2) is 0 Å². The van der Waals surface area contributed by atoms with E-state index < -0.39 is 0 Å². The summed E-state index contributed by atoms with van der Waals surface area (Å²) in [5.41, 5.74) is 5.65. The molecular weight excluding hydrogens is 472 g/mol. The van der Waals surface area contributed by atoms with Gasteiger partial charge in [-0.3, -0.25) is 19.2 Å². The zero-order valence-electron chi connectivity index (χ0n) is 20.3. The van der Waals surface area contributed by atoms with Gasteiger partial charge >= 0.3 is 0 Å². The fraction of sp³-hybridized carbons (Fsp3) is 0.379. The molecule has 6 rings (SSSR count). The van der Waals surface area contributed by atoms with Crippen LogP contribution in [0.5, 0.6) is 5.75 Å². The average molecular weight is 503 g/mol. The lowest BCUT2D eigenvalue weighted by atomic mass is 9.93. The second-order valence-corrected chi connectivity index (χ2v) is 10.6. The summed E-state index contributed by atoms with van der Waals surface area (Å²) in [6, 6.07) is 14.5. The van der Waals surface area contributed by atoms with E-state index in [-0.39, 0.29) is 12.2 Å². The molecule has 0 radical (unpaired) electrons. The summed E-state index contributed by atoms with van der Waals surface area (Å²) in [4.78, 5) is 19.7. The van der Waals surface area contributed by atoms with E-state index in [0.29, 0.717) is 16.8 Å². The zero-order chi connectivity index (χ0) is 24.5. The van der Waals surface area contributed by atoms with E-state index in [9.17, 15) is 4.79 Å². The van der Waals surface area contributed by atoms with Gasteiger partial charge < -0.3 is 10.1 Å². The van der Waals surface area contributed by atoms with Crippen LogP contribution < -0.4 is 15.6 Å². The lowest BCUT2D eigenvalue weighted by molar-refractivity contribution is 0.300. The predicted molar refractivity (Wildman–Crippen MR) is 143 cm³/mol. The quantitative estimate of drug-likeness (QED) is 0.533. The second kappa shape index (κ2) is 10.2. The van der Waals surface area contributed by atoms with Crippen molar-refractivity contribution in [1.29, 1.82) is 0 Å². The first kappa shape index (κ1) is 23.5. The fourth-order valence-corrected chi connectivity index (χ4v) is 5.89. The van der Waals surface area contributed by atoms with Crippen molar-refractivity contribution in [3.63, 3.8) is 0 Å². The van der Waals surface area contributed by atoms with Gasteiger partial charge in [-0.1, -0.05) is 29.8 Å². The first-order valence-electron chi connectivity index (χ1n) is 12.9. The van der Waals surface area contributed by atoms with Gasteiger partial charge in [-0.2, -0.15) is 0 Å². The van der Waals surface area contributed by atoms with Crippen LogP contribution in [-0.4, -0.2) is 40.1 Å². The summed E-state index contributed by atoms with van der Waals surface area (Å²) in [6.07, 6.45) is 9.98. The summed E-state index contributed by atoms with van der Waals surface area (Å²) in [5, 5.41) is 4.28. The maximum Gasteiger partial charge on any atom is 0.258 e. The largest absolute Gasteiger partial charge is 0.487 e. The first-order chi connectivity index (χ1) is 17.6. The van der Waals surface area contributed by atoms with Gasteiger partial charge in [0.05, 0.1) is 10.7 Å². The smallest absolute Gasteiger partial charge is 0.258 e. The third-order valence-corrected chi connectivity index (χ3v) is 7.86. The molecule has 0 amide bonds. The van der Waals surface area contributed by atoms with Gasteiger partial charge in [-0.25, -0.2) is 0 Å². The molecule has 0 bridgehead atoms. The molecule has 3 aromatic rings. The Balaban J connectivity index is 1.12. The third-order valence-electron chi connectivity index (χ3n) is 7.64. The predicted octanol–water partition coefficient (Wildman–Crippen LogP) is 4.60. The summed E-state index contributed by atoms with van der Waals surface area (Å²) >= 11 is 5.88. The molecule has 1 aromatic carbocycles. The number of piperidine rings is 1. The van der Waals surface area contributed by atoms with E-state index in [2.05, 4.69) is 39.5 Å². The molecule has 2 saturated heterocycles. The molecule has 0 spiro atoms. The standard InChI is InChI=1S/C29H31ClN4O2/c30-24-6-7-25(32-15-24)19-36-27-9-11-34(29(35)14-27)26-8-5-21-12-20(3-4-22(21)13-26)16-33-17-23-2-1-10-31-28(23)18-33/h3-4,6-7,9,11-15,23,28,31H,1-2,5,8,10,16-19H2/t23-,28+/m1/s1. The van der Waals surface area contributed by atoms with Gasteiger partial charge in [0.2, 0.25) is 0 Å². The lowest BCUT2D eigenvalue weighted by Crippen LogP contribution is -2.40. The van der Waals surface area contributed by atoms with Crippen LogP contribution in [0.2, 0.25) is 5.02 Å². The Kier molecular flexibility index (Phi) is 6.65. The molecule has 2 fully saturated rings. The Morgan fingerprint density at radius 1 is 1.11 bits per heavy atom. The number of nitrogens with one attached hydrogen (secondary N) is 1. The summed E-state index contributed by atoms with van der Waals surface area (Å²) in [5.74, 6) is 1.34. The molecule has 0 unspecified atom stereocenters. The maximum atomic E-state index is 12.9. The van der Waals surface area contributed by atoms with Crippen LogP contribution in [0.4, 0.5) is 0 Å². The van der Waals surface area contributed by atoms with Crippen LogP contribution in [0.3, 0.4) is 0 Å². The summed E-state index contributed by atoms with van der Waals surface area (Å²) in [7, 11) is 0. The van der Waals surface area contributed by atoms with Crippen molar-refractivity contribution in [3.05, 3.63) is 92.6 Å². The number of benzene rings is 1. The van der Waals surface area contributed by atoms with Crippen LogP contribution in [0.15, 0.2) is 59.7 Å². The van der Waals surface area contributed by atoms with Crippen molar-refractivity contribution in [3.8, 4) is 5.75 Å². The van der Waals surface area contributed by atoms with Crippen LogP contribution in [0.1, 0.15) is 41.6 Å². The number of rotatable bonds is 6. The van der Waals surface area contributed by atoms with Crippen LogP contribution in [0, 0.1) is 5.92 Å². The topological polar surface area (TPSA) is 59.4 Å². The van der Waals surface area contributed by atoms with Crippen molar-refractivity contribution in [2.75, 3.05) is 19.6 Å². The highest BCUT2D eigenvalue weighted by molar-refractivity contribution is 6.30. The molecular formula is C29H31ClN4O2. The number of aryl methyl sites for hydroxylation is 1. The van der Waals surface area contributed by atoms with Crippen molar-refractivity contribution >= 4 is 23.4 Å². The number of nitrogens with zero attached hydrogens (tertiary/aromatic N) is 3. The normalized spacial score (nSPS) is 21.5. The van der Waals surface area contributed by atoms with E-state index >= 15 is 0 Å². The highest BCUT2D eigenvalue weighted by Gasteiger charge is 2.34. The van der Waals surface area contributed by atoms with Crippen molar-refractivity contribution in [2.24, 2.45) is 5.92 Å². The monoisotopic (exact) mass is 502 g/mol. The molecule has 0 saturated carbocycles. The van der Waals surface area contributed by atoms with Gasteiger partial charge in [0.1, 0.15) is 12.4 Å². The molecule has 186 valence electrons. The highest BCUT2D eigenvalue weighted by atomic mass is 35.5. The number of likely N-dealkylation sites (tertiary alicyclic amines) is 1. The van der Waals surface area contributed by atoms with Crippen LogP contribution in [-0.2, 0) is 19.6 Å². The van der Waals surface area contributed by atoms with Crippen molar-refractivity contribution in [1.82, 2.24) is 19.8 Å². The molecule has 4 heterocycles. The molecule has 2 aromatic heterocycles. The highest BCUT2D eigenvalue weighted by Crippen LogP contribution is 2.29. The Morgan fingerprint density at radius 2 is 2.06 bits per heavy atom. The Labute approximate surface area is 216 Å². The first-order valence-corrected chi connectivity index (χ1v) is 13.2. The molecule has 3 aliphatic rings. The number of aromatic nitrogens is 2. The third kappa shape index (κ3) is 5.12. The molecule has 6 nitrogen and oxygen atoms in total. The lowest BCUT2D eigenvalue weighted by Gasteiger charge is -2.24. The summed E-state index contributed by atoms with van der Waals surface area (Å²) < 4.78 is 7.49. The molecule has 36 heavy (non-hydrogen) atoms. The minimum Gasteiger partial charge on any atom is -0.487 e. The van der Waals surface area contributed by atoms with E-state index in [1.807, 2.05) is 12.1 Å². The van der Waals surface area contributed by atoms with Crippen molar-refractivity contribution in [2.45, 2.75) is 44.9 Å². The zero-order valence-corrected chi connectivity index (χ0v) is 21.1. The molecule has 1 aliphatic carbocycles. The number of halogens is 1. The minimum absolute atomic E-state index is 0.0907. The number of hydrogen-bond acceptors (Lipinski definition) is 5. The molecule has 1 N–H and O–H groups in total. The average Bonchev–Trinajstić information content (AvgIpc) is 3.30. The second-order valence-electron chi connectivity index (χ2n) is 10.2. The van der Waals surface area contributed by atoms with Gasteiger partial charge in [0.25, 0.3) is 5.56 Å². The van der Waals surface area contributed by atoms with E-state index in [1.165, 1.54) is 48.7 Å². The van der Waals surface area contributed by atoms with Crippen LogP contribution >= 0.6 is 11.6 Å². The van der Waals surface area contributed by atoms with E-state index in [4.69, 9.17) is 16.3 Å². The number of ether oxygens (including phenoxy) is 1. The minimum atomic E-state index is -0.0907. The van der Waals surface area contributed by atoms with Crippen molar-refractivity contribution < 1.29 is 4.74 Å². The SMILES string of the molecule is O=c1cc(OCc2ccc(Cl)cn2)ccn1C1=Cc2ccc(CN3C[C@H]4CCCN[C@H]4C3)cc2CC1.